The van der Waals surface area contributed by atoms with E-state index in [0.717, 1.165) is 55.3 Å². The van der Waals surface area contributed by atoms with Gasteiger partial charge in [-0.1, -0.05) is 95.5 Å². The summed E-state index contributed by atoms with van der Waals surface area (Å²) >= 11 is 7.25. The van der Waals surface area contributed by atoms with Crippen LogP contribution in [-0.4, -0.2) is 37.7 Å². The van der Waals surface area contributed by atoms with Gasteiger partial charge < -0.3 is 9.47 Å². The van der Waals surface area contributed by atoms with Crippen molar-refractivity contribution in [2.24, 2.45) is 0 Å². The maximum atomic E-state index is 7.25. The lowest BCUT2D eigenvalue weighted by Crippen LogP contribution is -2.36. The molecule has 1 saturated heterocycles. The third-order valence-corrected chi connectivity index (χ3v) is 6.99. The predicted octanol–water partition coefficient (Wildman–Crippen LogP) is 6.69. The minimum absolute atomic E-state index is 0.0201. The Morgan fingerprint density at radius 1 is 0.882 bits per heavy atom. The molecule has 3 aromatic carbocycles. The zero-order valence-corrected chi connectivity index (χ0v) is 20.5. The molecule has 1 fully saturated rings. The molecule has 0 unspecified atom stereocenters. The van der Waals surface area contributed by atoms with Gasteiger partial charge in [0, 0.05) is 36.7 Å². The molecule has 0 saturated carbocycles. The highest BCUT2D eigenvalue weighted by atomic mass is 35.5. The zero-order chi connectivity index (χ0) is 23.5. The number of hydrogen-bond donors (Lipinski definition) is 0. The van der Waals surface area contributed by atoms with Gasteiger partial charge in [-0.15, -0.1) is 0 Å². The molecule has 0 aromatic heterocycles. The van der Waals surface area contributed by atoms with Crippen LogP contribution in [0.1, 0.15) is 33.7 Å². The Bertz CT molecular complexity index is 1210. The van der Waals surface area contributed by atoms with Crippen molar-refractivity contribution in [2.75, 3.05) is 32.8 Å². The van der Waals surface area contributed by atoms with Crippen molar-refractivity contribution in [3.05, 3.63) is 117 Å². The Morgan fingerprint density at radius 2 is 1.53 bits per heavy atom. The quantitative estimate of drug-likeness (QED) is 0.423. The van der Waals surface area contributed by atoms with Crippen LogP contribution in [0.2, 0.25) is 0 Å². The van der Waals surface area contributed by atoms with Crippen molar-refractivity contribution in [3.8, 4) is 5.75 Å². The standard InChI is InChI=1S/C30H30ClNO2/c1-21-7-11-23(12-8-21)28-25-5-3-4-6-27(25)34-30(24-13-9-22(2)10-14-24)29(31)26(28)15-16-32-17-19-33-20-18-32/h3-15,28H,16-20H2,1-2H3/b26-15-/t28-/m0/s1. The predicted molar refractivity (Wildman–Crippen MR) is 139 cm³/mol. The molecule has 2 aliphatic rings. The molecule has 2 heterocycles. The Morgan fingerprint density at radius 3 is 2.24 bits per heavy atom. The molecular formula is C30H30ClNO2. The summed E-state index contributed by atoms with van der Waals surface area (Å²) in [6.45, 7) is 8.43. The van der Waals surface area contributed by atoms with E-state index in [1.165, 1.54) is 16.7 Å². The number of allylic oxidation sites excluding steroid dienone is 2. The van der Waals surface area contributed by atoms with E-state index in [2.05, 4.69) is 85.5 Å². The van der Waals surface area contributed by atoms with Crippen LogP contribution in [0.3, 0.4) is 0 Å². The van der Waals surface area contributed by atoms with Crippen molar-refractivity contribution in [1.29, 1.82) is 0 Å². The average Bonchev–Trinajstić information content (AvgIpc) is 2.99. The van der Waals surface area contributed by atoms with Gasteiger partial charge in [0.25, 0.3) is 0 Å². The molecule has 5 rings (SSSR count). The molecule has 2 aliphatic heterocycles. The molecule has 0 spiro atoms. The second-order valence-corrected chi connectivity index (χ2v) is 9.44. The summed E-state index contributed by atoms with van der Waals surface area (Å²) in [5, 5.41) is 0.666. The number of aryl methyl sites for hydroxylation is 2. The summed E-state index contributed by atoms with van der Waals surface area (Å²) in [4.78, 5) is 2.41. The normalized spacial score (nSPS) is 20.1. The number of fused-ring (bicyclic) bond motifs is 1. The highest BCUT2D eigenvalue weighted by Crippen LogP contribution is 2.47. The van der Waals surface area contributed by atoms with E-state index in [1.807, 2.05) is 12.1 Å². The van der Waals surface area contributed by atoms with E-state index in [0.29, 0.717) is 10.8 Å². The lowest BCUT2D eigenvalue weighted by atomic mass is 9.83. The number of hydrogen-bond acceptors (Lipinski definition) is 3. The van der Waals surface area contributed by atoms with Crippen LogP contribution in [0, 0.1) is 13.8 Å². The molecule has 174 valence electrons. The maximum absolute atomic E-state index is 7.25. The number of ether oxygens (including phenoxy) is 2. The summed E-state index contributed by atoms with van der Waals surface area (Å²) < 4.78 is 12.1. The van der Waals surface area contributed by atoms with E-state index >= 15 is 0 Å². The van der Waals surface area contributed by atoms with Crippen LogP contribution in [0.4, 0.5) is 0 Å². The minimum Gasteiger partial charge on any atom is -0.455 e. The van der Waals surface area contributed by atoms with Crippen LogP contribution in [-0.2, 0) is 4.74 Å². The fraction of sp³-hybridized carbons (Fsp3) is 0.267. The number of benzene rings is 3. The van der Waals surface area contributed by atoms with Crippen LogP contribution < -0.4 is 4.74 Å². The third kappa shape index (κ3) is 4.83. The van der Waals surface area contributed by atoms with Gasteiger partial charge in [0.2, 0.25) is 0 Å². The number of halogens is 1. The van der Waals surface area contributed by atoms with Crippen LogP contribution >= 0.6 is 11.6 Å². The van der Waals surface area contributed by atoms with E-state index in [1.54, 1.807) is 0 Å². The molecule has 1 atom stereocenters. The molecule has 0 radical (unpaired) electrons. The van der Waals surface area contributed by atoms with Gasteiger partial charge >= 0.3 is 0 Å². The molecule has 0 aliphatic carbocycles. The van der Waals surface area contributed by atoms with Crippen molar-refractivity contribution >= 4 is 17.4 Å². The van der Waals surface area contributed by atoms with Gasteiger partial charge in [0.15, 0.2) is 5.76 Å². The van der Waals surface area contributed by atoms with E-state index in [-0.39, 0.29) is 5.92 Å². The zero-order valence-electron chi connectivity index (χ0n) is 19.8. The Balaban J connectivity index is 1.68. The molecule has 4 heteroatoms. The van der Waals surface area contributed by atoms with Crippen molar-refractivity contribution in [3.63, 3.8) is 0 Å². The maximum Gasteiger partial charge on any atom is 0.153 e. The first-order valence-corrected chi connectivity index (χ1v) is 12.3. The molecule has 0 N–H and O–H groups in total. The highest BCUT2D eigenvalue weighted by Gasteiger charge is 2.31. The van der Waals surface area contributed by atoms with Crippen molar-refractivity contribution in [1.82, 2.24) is 4.90 Å². The number of nitrogens with zero attached hydrogens (tertiary/aromatic N) is 1. The van der Waals surface area contributed by atoms with E-state index < -0.39 is 0 Å². The van der Waals surface area contributed by atoms with Crippen LogP contribution in [0.15, 0.2) is 89.5 Å². The van der Waals surface area contributed by atoms with E-state index in [4.69, 9.17) is 21.1 Å². The Hall–Kier alpha value is -2.85. The van der Waals surface area contributed by atoms with Gasteiger partial charge in [-0.05, 0) is 31.1 Å². The summed E-state index contributed by atoms with van der Waals surface area (Å²) in [5.74, 6) is 1.53. The summed E-state index contributed by atoms with van der Waals surface area (Å²) in [6.07, 6.45) is 2.29. The summed E-state index contributed by atoms with van der Waals surface area (Å²) in [6, 6.07) is 25.4. The molecular weight excluding hydrogens is 442 g/mol. The van der Waals surface area contributed by atoms with Gasteiger partial charge in [-0.3, -0.25) is 4.90 Å². The number of rotatable bonds is 4. The lowest BCUT2D eigenvalue weighted by Gasteiger charge is -2.27. The Labute approximate surface area is 207 Å². The fourth-order valence-electron chi connectivity index (χ4n) is 4.62. The lowest BCUT2D eigenvalue weighted by molar-refractivity contribution is 0.0433. The number of para-hydroxylation sites is 1. The van der Waals surface area contributed by atoms with Crippen LogP contribution in [0.5, 0.6) is 5.75 Å². The molecule has 3 nitrogen and oxygen atoms in total. The second kappa shape index (κ2) is 10.2. The van der Waals surface area contributed by atoms with Gasteiger partial charge in [-0.2, -0.15) is 0 Å². The molecule has 3 aromatic rings. The third-order valence-electron chi connectivity index (χ3n) is 6.60. The summed E-state index contributed by atoms with van der Waals surface area (Å²) in [7, 11) is 0. The van der Waals surface area contributed by atoms with Crippen molar-refractivity contribution < 1.29 is 9.47 Å². The average molecular weight is 472 g/mol. The van der Waals surface area contributed by atoms with Crippen LogP contribution in [0.25, 0.3) is 5.76 Å². The number of morpholine rings is 1. The largest absolute Gasteiger partial charge is 0.455 e. The highest BCUT2D eigenvalue weighted by molar-refractivity contribution is 6.35. The second-order valence-electron chi connectivity index (χ2n) is 9.07. The molecule has 0 bridgehead atoms. The van der Waals surface area contributed by atoms with Gasteiger partial charge in [0.1, 0.15) is 5.75 Å². The smallest absolute Gasteiger partial charge is 0.153 e. The Kier molecular flexibility index (Phi) is 6.87. The monoisotopic (exact) mass is 471 g/mol. The van der Waals surface area contributed by atoms with Crippen molar-refractivity contribution in [2.45, 2.75) is 19.8 Å². The van der Waals surface area contributed by atoms with Gasteiger partial charge in [-0.25, -0.2) is 0 Å². The minimum atomic E-state index is -0.0201. The first-order chi connectivity index (χ1) is 16.6. The molecule has 0 amide bonds. The first kappa shape index (κ1) is 22.9. The first-order valence-electron chi connectivity index (χ1n) is 11.9. The van der Waals surface area contributed by atoms with E-state index in [9.17, 15) is 0 Å². The topological polar surface area (TPSA) is 21.7 Å². The molecule has 34 heavy (non-hydrogen) atoms. The fourth-order valence-corrected chi connectivity index (χ4v) is 4.95. The summed E-state index contributed by atoms with van der Waals surface area (Å²) in [5.41, 5.74) is 6.83. The SMILES string of the molecule is Cc1ccc(C2=C(Cl)/C(=C\CN3CCOCC3)[C@@H](c3ccc(C)cc3)c3ccccc3O2)cc1. The van der Waals surface area contributed by atoms with Gasteiger partial charge in [0.05, 0.1) is 18.2 Å².